The normalized spacial score (nSPS) is 13.3. The molecule has 0 spiro atoms. The third-order valence-electron chi connectivity index (χ3n) is 5.06. The molecule has 2 aromatic rings. The van der Waals surface area contributed by atoms with Crippen molar-refractivity contribution >= 4 is 17.7 Å². The maximum atomic E-state index is 12.3. The van der Waals surface area contributed by atoms with E-state index in [1.54, 1.807) is 19.9 Å². The smallest absolute Gasteiger partial charge is 0.331 e. The summed E-state index contributed by atoms with van der Waals surface area (Å²) in [5.41, 5.74) is 3.09. The maximum absolute atomic E-state index is 12.3. The zero-order valence-electron chi connectivity index (χ0n) is 16.9. The van der Waals surface area contributed by atoms with Crippen LogP contribution < -0.4 is 16.2 Å². The summed E-state index contributed by atoms with van der Waals surface area (Å²) in [5.74, 6) is -0.532. The number of esters is 1. The minimum Gasteiger partial charge on any atom is -0.467 e. The van der Waals surface area contributed by atoms with Crippen LogP contribution in [0.3, 0.4) is 0 Å². The van der Waals surface area contributed by atoms with Gasteiger partial charge in [0.05, 0.1) is 12.8 Å². The number of ether oxygens (including phenoxy) is 1. The second kappa shape index (κ2) is 8.46. The van der Waals surface area contributed by atoms with Gasteiger partial charge in [0.25, 0.3) is 5.56 Å². The number of urea groups is 1. The first-order valence-corrected chi connectivity index (χ1v) is 9.66. The quantitative estimate of drug-likeness (QED) is 0.669. The first-order chi connectivity index (χ1) is 13.8. The SMILES string of the molecule is COC(=O)C(C)(C)NC(=O)Nc1cccc(Cc2n[nH]c(=O)c3c2CCCC3)c1. The lowest BCUT2D eigenvalue weighted by molar-refractivity contribution is -0.146. The fraction of sp³-hybridized carbons (Fsp3) is 0.429. The van der Waals surface area contributed by atoms with Crippen LogP contribution in [0.15, 0.2) is 29.1 Å². The molecule has 0 aliphatic heterocycles. The number of H-pyrrole nitrogens is 1. The molecule has 1 aliphatic rings. The lowest BCUT2D eigenvalue weighted by atomic mass is 9.90. The highest BCUT2D eigenvalue weighted by atomic mass is 16.5. The number of amides is 2. The molecule has 2 amide bonds. The van der Waals surface area contributed by atoms with Crippen molar-refractivity contribution in [3.8, 4) is 0 Å². The zero-order chi connectivity index (χ0) is 21.0. The molecule has 0 saturated heterocycles. The molecule has 0 bridgehead atoms. The van der Waals surface area contributed by atoms with Gasteiger partial charge in [-0.2, -0.15) is 5.10 Å². The largest absolute Gasteiger partial charge is 0.467 e. The molecule has 0 fully saturated rings. The fourth-order valence-corrected chi connectivity index (χ4v) is 3.58. The molecule has 8 nitrogen and oxygen atoms in total. The molecule has 154 valence electrons. The van der Waals surface area contributed by atoms with E-state index in [9.17, 15) is 14.4 Å². The molecule has 29 heavy (non-hydrogen) atoms. The summed E-state index contributed by atoms with van der Waals surface area (Å²) in [7, 11) is 1.27. The van der Waals surface area contributed by atoms with Crippen molar-refractivity contribution in [1.29, 1.82) is 0 Å². The number of aromatic nitrogens is 2. The van der Waals surface area contributed by atoms with Crippen LogP contribution >= 0.6 is 0 Å². The van der Waals surface area contributed by atoms with Gasteiger partial charge in [-0.25, -0.2) is 14.7 Å². The molecule has 1 aromatic heterocycles. The third-order valence-corrected chi connectivity index (χ3v) is 5.06. The van der Waals surface area contributed by atoms with E-state index in [1.807, 2.05) is 18.2 Å². The van der Waals surface area contributed by atoms with Crippen molar-refractivity contribution in [2.24, 2.45) is 0 Å². The average Bonchev–Trinajstić information content (AvgIpc) is 2.69. The summed E-state index contributed by atoms with van der Waals surface area (Å²) < 4.78 is 4.69. The van der Waals surface area contributed by atoms with Gasteiger partial charge in [-0.3, -0.25) is 4.79 Å². The molecule has 0 atom stereocenters. The topological polar surface area (TPSA) is 113 Å². The van der Waals surface area contributed by atoms with Crippen LogP contribution in [0.4, 0.5) is 10.5 Å². The van der Waals surface area contributed by atoms with Gasteiger partial charge in [0.15, 0.2) is 0 Å². The number of carbonyl (C=O) groups excluding carboxylic acids is 2. The molecule has 8 heteroatoms. The molecular weight excluding hydrogens is 372 g/mol. The Kier molecular flexibility index (Phi) is 6.00. The Morgan fingerprint density at radius 1 is 1.21 bits per heavy atom. The highest BCUT2D eigenvalue weighted by Gasteiger charge is 2.30. The standard InChI is InChI=1S/C21H26N4O4/c1-21(2,19(27)29-3)23-20(28)22-14-8-6-7-13(11-14)12-17-15-9-4-5-10-16(15)18(26)25-24-17/h6-8,11H,4-5,9-10,12H2,1-3H3,(H,25,26)(H2,22,23,28). The Balaban J connectivity index is 1.73. The lowest BCUT2D eigenvalue weighted by Crippen LogP contribution is -2.51. The molecule has 3 N–H and O–H groups in total. The predicted octanol–water partition coefficient (Wildman–Crippen LogP) is 2.31. The van der Waals surface area contributed by atoms with E-state index in [-0.39, 0.29) is 5.56 Å². The highest BCUT2D eigenvalue weighted by Crippen LogP contribution is 2.23. The second-order valence-electron chi connectivity index (χ2n) is 7.74. The molecule has 1 aliphatic carbocycles. The molecule has 0 radical (unpaired) electrons. The van der Waals surface area contributed by atoms with Crippen LogP contribution in [-0.4, -0.2) is 34.8 Å². The summed E-state index contributed by atoms with van der Waals surface area (Å²) in [6.45, 7) is 3.14. The van der Waals surface area contributed by atoms with Gasteiger partial charge >= 0.3 is 12.0 Å². The number of anilines is 1. The van der Waals surface area contributed by atoms with Gasteiger partial charge in [0.2, 0.25) is 0 Å². The molecule has 1 heterocycles. The number of aromatic amines is 1. The first kappa shape index (κ1) is 20.6. The Labute approximate surface area is 169 Å². The van der Waals surface area contributed by atoms with Crippen LogP contribution in [0.2, 0.25) is 0 Å². The number of nitrogens with one attached hydrogen (secondary N) is 3. The van der Waals surface area contributed by atoms with E-state index in [4.69, 9.17) is 4.74 Å². The summed E-state index contributed by atoms with van der Waals surface area (Å²) in [5, 5.41) is 12.2. The molecule has 3 rings (SSSR count). The minimum absolute atomic E-state index is 0.0937. The van der Waals surface area contributed by atoms with E-state index in [2.05, 4.69) is 20.8 Å². The van der Waals surface area contributed by atoms with Crippen LogP contribution in [0.1, 0.15) is 49.1 Å². The average molecular weight is 398 g/mol. The Bertz CT molecular complexity index is 981. The van der Waals surface area contributed by atoms with Gasteiger partial charge in [-0.05, 0) is 62.8 Å². The zero-order valence-corrected chi connectivity index (χ0v) is 16.9. The minimum atomic E-state index is -1.14. The molecular formula is C21H26N4O4. The van der Waals surface area contributed by atoms with Crippen molar-refractivity contribution in [3.05, 3.63) is 57.0 Å². The Morgan fingerprint density at radius 3 is 2.66 bits per heavy atom. The molecule has 0 unspecified atom stereocenters. The van der Waals surface area contributed by atoms with Crippen molar-refractivity contribution in [3.63, 3.8) is 0 Å². The van der Waals surface area contributed by atoms with E-state index < -0.39 is 17.5 Å². The second-order valence-corrected chi connectivity index (χ2v) is 7.74. The van der Waals surface area contributed by atoms with Crippen molar-refractivity contribution in [2.45, 2.75) is 51.5 Å². The fourth-order valence-electron chi connectivity index (χ4n) is 3.58. The monoisotopic (exact) mass is 398 g/mol. The van der Waals surface area contributed by atoms with Gasteiger partial charge in [0, 0.05) is 17.7 Å². The van der Waals surface area contributed by atoms with E-state index in [0.717, 1.165) is 48.1 Å². The molecule has 0 saturated carbocycles. The maximum Gasteiger partial charge on any atom is 0.331 e. The van der Waals surface area contributed by atoms with Crippen LogP contribution in [0, 0.1) is 0 Å². The number of methoxy groups -OCH3 is 1. The van der Waals surface area contributed by atoms with Crippen LogP contribution in [0.25, 0.3) is 0 Å². The number of rotatable bonds is 5. The number of fused-ring (bicyclic) bond motifs is 1. The summed E-state index contributed by atoms with van der Waals surface area (Å²) in [6.07, 6.45) is 4.30. The van der Waals surface area contributed by atoms with Gasteiger partial charge < -0.3 is 15.4 Å². The van der Waals surface area contributed by atoms with Gasteiger partial charge in [-0.1, -0.05) is 12.1 Å². The van der Waals surface area contributed by atoms with Gasteiger partial charge in [-0.15, -0.1) is 0 Å². The number of nitrogens with zero attached hydrogens (tertiary/aromatic N) is 1. The number of carbonyl (C=O) groups is 2. The van der Waals surface area contributed by atoms with Crippen LogP contribution in [0.5, 0.6) is 0 Å². The summed E-state index contributed by atoms with van der Waals surface area (Å²) in [6, 6.07) is 6.91. The lowest BCUT2D eigenvalue weighted by Gasteiger charge is -2.23. The molecule has 1 aromatic carbocycles. The Hall–Kier alpha value is -3.16. The van der Waals surface area contributed by atoms with E-state index in [0.29, 0.717) is 12.1 Å². The van der Waals surface area contributed by atoms with Crippen molar-refractivity contribution in [2.75, 3.05) is 12.4 Å². The predicted molar refractivity (Wildman–Crippen MR) is 109 cm³/mol. The summed E-state index contributed by atoms with van der Waals surface area (Å²) in [4.78, 5) is 36.0. The van der Waals surface area contributed by atoms with Crippen LogP contribution in [-0.2, 0) is 28.8 Å². The highest BCUT2D eigenvalue weighted by molar-refractivity contribution is 5.94. The summed E-state index contributed by atoms with van der Waals surface area (Å²) >= 11 is 0. The van der Waals surface area contributed by atoms with E-state index in [1.165, 1.54) is 7.11 Å². The Morgan fingerprint density at radius 2 is 1.93 bits per heavy atom. The number of hydrogen-bond acceptors (Lipinski definition) is 5. The number of hydrogen-bond donors (Lipinski definition) is 3. The van der Waals surface area contributed by atoms with E-state index >= 15 is 0 Å². The van der Waals surface area contributed by atoms with Crippen molar-refractivity contribution < 1.29 is 14.3 Å². The van der Waals surface area contributed by atoms with Gasteiger partial charge in [0.1, 0.15) is 5.54 Å². The number of benzene rings is 1. The first-order valence-electron chi connectivity index (χ1n) is 9.66. The third kappa shape index (κ3) is 4.82. The van der Waals surface area contributed by atoms with Crippen molar-refractivity contribution in [1.82, 2.24) is 15.5 Å².